The molecule has 0 radical (unpaired) electrons. The van der Waals surface area contributed by atoms with Gasteiger partial charge in [-0.05, 0) is 23.1 Å². The van der Waals surface area contributed by atoms with Gasteiger partial charge in [-0.1, -0.05) is 68.4 Å². The van der Waals surface area contributed by atoms with Gasteiger partial charge in [-0.3, -0.25) is 0 Å². The molecule has 28 heavy (non-hydrogen) atoms. The van der Waals surface area contributed by atoms with Gasteiger partial charge in [0.05, 0.1) is 0 Å². The van der Waals surface area contributed by atoms with Crippen LogP contribution in [-0.4, -0.2) is 23.1 Å². The standard InChI is InChI=1S/C23H26N4.ClH/c1-23(2,20-10-4-3-5-11-20)16-24-21-14-22(26-17-25-21)27-13-12-18-8-6-7-9-19(18)15-27;/h3-11,14,17H,12-13,15-16H2,1-2H3,(H,24,25,26);1H. The number of hydrogen-bond donors (Lipinski definition) is 1. The average Bonchev–Trinajstić information content (AvgIpc) is 2.73. The van der Waals surface area contributed by atoms with Crippen LogP contribution in [0.5, 0.6) is 0 Å². The molecule has 0 aliphatic carbocycles. The Hall–Kier alpha value is -2.59. The van der Waals surface area contributed by atoms with Gasteiger partial charge in [0, 0.05) is 31.1 Å². The van der Waals surface area contributed by atoms with Crippen molar-refractivity contribution in [3.05, 3.63) is 83.7 Å². The van der Waals surface area contributed by atoms with Crippen molar-refractivity contribution in [2.45, 2.75) is 32.2 Å². The summed E-state index contributed by atoms with van der Waals surface area (Å²) in [5.41, 5.74) is 4.18. The number of nitrogens with zero attached hydrogens (tertiary/aromatic N) is 3. The summed E-state index contributed by atoms with van der Waals surface area (Å²) in [5, 5.41) is 3.50. The van der Waals surface area contributed by atoms with E-state index >= 15 is 0 Å². The van der Waals surface area contributed by atoms with Crippen LogP contribution in [0.2, 0.25) is 0 Å². The van der Waals surface area contributed by atoms with E-state index in [1.165, 1.54) is 16.7 Å². The predicted molar refractivity (Wildman–Crippen MR) is 118 cm³/mol. The minimum Gasteiger partial charge on any atom is -0.369 e. The number of anilines is 2. The SMILES string of the molecule is CC(C)(CNc1cc(N2CCc3ccccc3C2)ncn1)c1ccccc1.Cl. The molecule has 1 N–H and O–H groups in total. The van der Waals surface area contributed by atoms with Gasteiger partial charge in [0.1, 0.15) is 18.0 Å². The third-order valence-corrected chi connectivity index (χ3v) is 5.37. The van der Waals surface area contributed by atoms with Gasteiger partial charge in [-0.25, -0.2) is 9.97 Å². The van der Waals surface area contributed by atoms with Crippen molar-refractivity contribution in [3.8, 4) is 0 Å². The summed E-state index contributed by atoms with van der Waals surface area (Å²) in [4.78, 5) is 11.3. The normalized spacial score (nSPS) is 13.4. The maximum atomic E-state index is 4.51. The summed E-state index contributed by atoms with van der Waals surface area (Å²) >= 11 is 0. The van der Waals surface area contributed by atoms with E-state index in [-0.39, 0.29) is 17.8 Å². The third kappa shape index (κ3) is 4.45. The molecule has 146 valence electrons. The van der Waals surface area contributed by atoms with Crippen LogP contribution >= 0.6 is 12.4 Å². The maximum Gasteiger partial charge on any atom is 0.134 e. The van der Waals surface area contributed by atoms with Gasteiger partial charge >= 0.3 is 0 Å². The van der Waals surface area contributed by atoms with Gasteiger partial charge in [0.25, 0.3) is 0 Å². The molecule has 0 amide bonds. The third-order valence-electron chi connectivity index (χ3n) is 5.37. The Morgan fingerprint density at radius 1 is 0.964 bits per heavy atom. The molecular weight excluding hydrogens is 368 g/mol. The van der Waals surface area contributed by atoms with E-state index in [2.05, 4.69) is 94.7 Å². The quantitative estimate of drug-likeness (QED) is 0.671. The summed E-state index contributed by atoms with van der Waals surface area (Å²) in [6, 6.07) is 21.3. The van der Waals surface area contributed by atoms with Crippen LogP contribution in [0.25, 0.3) is 0 Å². The van der Waals surface area contributed by atoms with Crippen molar-refractivity contribution < 1.29 is 0 Å². The van der Waals surface area contributed by atoms with Crippen LogP contribution in [-0.2, 0) is 18.4 Å². The first-order chi connectivity index (χ1) is 13.1. The summed E-state index contributed by atoms with van der Waals surface area (Å²) in [5.74, 6) is 1.86. The first-order valence-electron chi connectivity index (χ1n) is 9.55. The first kappa shape index (κ1) is 20.2. The number of halogens is 1. The number of fused-ring (bicyclic) bond motifs is 1. The monoisotopic (exact) mass is 394 g/mol. The highest BCUT2D eigenvalue weighted by Crippen LogP contribution is 2.26. The lowest BCUT2D eigenvalue weighted by atomic mass is 9.85. The number of rotatable bonds is 5. The van der Waals surface area contributed by atoms with Gasteiger partial charge in [-0.2, -0.15) is 0 Å². The van der Waals surface area contributed by atoms with Gasteiger partial charge in [-0.15, -0.1) is 12.4 Å². The Balaban J connectivity index is 0.00000225. The fourth-order valence-corrected chi connectivity index (χ4v) is 3.61. The highest BCUT2D eigenvalue weighted by molar-refractivity contribution is 5.85. The molecule has 2 heterocycles. The summed E-state index contributed by atoms with van der Waals surface area (Å²) in [6.45, 7) is 7.21. The number of aromatic nitrogens is 2. The van der Waals surface area contributed by atoms with Gasteiger partial charge in [0.2, 0.25) is 0 Å². The van der Waals surface area contributed by atoms with Gasteiger partial charge in [0.15, 0.2) is 0 Å². The van der Waals surface area contributed by atoms with E-state index in [4.69, 9.17) is 0 Å². The fraction of sp³-hybridized carbons (Fsp3) is 0.304. The van der Waals surface area contributed by atoms with Crippen molar-refractivity contribution in [3.63, 3.8) is 0 Å². The van der Waals surface area contributed by atoms with E-state index in [0.717, 1.165) is 37.7 Å². The minimum absolute atomic E-state index is 0. The lowest BCUT2D eigenvalue weighted by Gasteiger charge is -2.30. The zero-order valence-electron chi connectivity index (χ0n) is 16.4. The summed E-state index contributed by atoms with van der Waals surface area (Å²) < 4.78 is 0. The molecule has 0 saturated carbocycles. The van der Waals surface area contributed by atoms with Crippen molar-refractivity contribution >= 4 is 24.0 Å². The van der Waals surface area contributed by atoms with Crippen LogP contribution in [0.1, 0.15) is 30.5 Å². The number of hydrogen-bond acceptors (Lipinski definition) is 4. The molecule has 4 rings (SSSR count). The van der Waals surface area contributed by atoms with Crippen LogP contribution in [0.4, 0.5) is 11.6 Å². The van der Waals surface area contributed by atoms with Crippen LogP contribution in [0, 0.1) is 0 Å². The smallest absolute Gasteiger partial charge is 0.134 e. The zero-order valence-corrected chi connectivity index (χ0v) is 17.2. The highest BCUT2D eigenvalue weighted by Gasteiger charge is 2.21. The van der Waals surface area contributed by atoms with E-state index in [9.17, 15) is 0 Å². The lowest BCUT2D eigenvalue weighted by molar-refractivity contribution is 0.556. The largest absolute Gasteiger partial charge is 0.369 e. The van der Waals surface area contributed by atoms with Gasteiger partial charge < -0.3 is 10.2 Å². The first-order valence-corrected chi connectivity index (χ1v) is 9.55. The molecule has 0 unspecified atom stereocenters. The Kier molecular flexibility index (Phi) is 6.20. The number of benzene rings is 2. The lowest BCUT2D eigenvalue weighted by Crippen LogP contribution is -2.31. The average molecular weight is 395 g/mol. The van der Waals surface area contributed by atoms with Crippen molar-refractivity contribution in [1.29, 1.82) is 0 Å². The van der Waals surface area contributed by atoms with E-state index < -0.39 is 0 Å². The highest BCUT2D eigenvalue weighted by atomic mass is 35.5. The Bertz CT molecular complexity index is 911. The van der Waals surface area contributed by atoms with Crippen molar-refractivity contribution in [1.82, 2.24) is 9.97 Å². The Morgan fingerprint density at radius 3 is 2.46 bits per heavy atom. The van der Waals surface area contributed by atoms with Crippen LogP contribution < -0.4 is 10.2 Å². The minimum atomic E-state index is 0. The molecule has 0 spiro atoms. The molecule has 0 bridgehead atoms. The van der Waals surface area contributed by atoms with E-state index in [1.807, 2.05) is 0 Å². The maximum absolute atomic E-state index is 4.51. The molecule has 0 saturated heterocycles. The fourth-order valence-electron chi connectivity index (χ4n) is 3.61. The molecule has 3 aromatic rings. The molecular formula is C23H27ClN4. The molecule has 2 aromatic carbocycles. The predicted octanol–water partition coefficient (Wildman–Crippen LogP) is 4.85. The van der Waals surface area contributed by atoms with Crippen molar-refractivity contribution in [2.75, 3.05) is 23.3 Å². The molecule has 0 fully saturated rings. The van der Waals surface area contributed by atoms with Crippen LogP contribution in [0.3, 0.4) is 0 Å². The van der Waals surface area contributed by atoms with Crippen LogP contribution in [0.15, 0.2) is 67.0 Å². The molecule has 4 nitrogen and oxygen atoms in total. The molecule has 1 aliphatic heterocycles. The topological polar surface area (TPSA) is 41.0 Å². The Labute approximate surface area is 173 Å². The second kappa shape index (κ2) is 8.61. The second-order valence-electron chi connectivity index (χ2n) is 7.81. The molecule has 1 aromatic heterocycles. The van der Waals surface area contributed by atoms with E-state index in [0.29, 0.717) is 0 Å². The van der Waals surface area contributed by atoms with Crippen molar-refractivity contribution in [2.24, 2.45) is 0 Å². The number of nitrogens with one attached hydrogen (secondary N) is 1. The summed E-state index contributed by atoms with van der Waals surface area (Å²) in [6.07, 6.45) is 2.72. The molecule has 0 atom stereocenters. The zero-order chi connectivity index (χ0) is 18.7. The Morgan fingerprint density at radius 2 is 1.68 bits per heavy atom. The molecule has 1 aliphatic rings. The van der Waals surface area contributed by atoms with E-state index in [1.54, 1.807) is 6.33 Å². The second-order valence-corrected chi connectivity index (χ2v) is 7.81. The summed E-state index contributed by atoms with van der Waals surface area (Å²) in [7, 11) is 0. The molecule has 5 heteroatoms.